The number of carbonyl (C=O) groups is 4. The summed E-state index contributed by atoms with van der Waals surface area (Å²) in [6.45, 7) is 33.2. The molecular formula is C45H84O8. The number of esters is 4. The van der Waals surface area contributed by atoms with E-state index < -0.39 is 5.41 Å². The third kappa shape index (κ3) is 23.4. The second-order valence-electron chi connectivity index (χ2n) is 19.5. The lowest BCUT2D eigenvalue weighted by atomic mass is 9.85. The van der Waals surface area contributed by atoms with Crippen LogP contribution in [0.5, 0.6) is 0 Å². The number of hydrogen-bond acceptors (Lipinski definition) is 8. The molecule has 0 saturated carbocycles. The number of ether oxygens (including phenoxy) is 4. The monoisotopic (exact) mass is 753 g/mol. The first-order valence-corrected chi connectivity index (χ1v) is 21.1. The summed E-state index contributed by atoms with van der Waals surface area (Å²) in [5.41, 5.74) is -1.27. The molecule has 0 aliphatic carbocycles. The standard InChI is InChI=1S/C45H84O8/c1-29(2)17-37(33(9)10)21-41(46)50-25-45(26-51-42(47)22-38(34(11)12)18-30(3)4,27-52-43(48)23-39(35(13)14)19-31(5)6)28-53-44(49)24-40(36(15)16)20-32(7)8/h29-40H,17-28H2,1-16H3. The van der Waals surface area contributed by atoms with Crippen molar-refractivity contribution in [2.75, 3.05) is 26.4 Å². The Morgan fingerprint density at radius 3 is 0.642 bits per heavy atom. The molecule has 0 bridgehead atoms. The summed E-state index contributed by atoms with van der Waals surface area (Å²) >= 11 is 0. The molecule has 0 aromatic heterocycles. The van der Waals surface area contributed by atoms with Crippen molar-refractivity contribution < 1.29 is 38.1 Å². The van der Waals surface area contributed by atoms with E-state index in [-0.39, 0.29) is 123 Å². The van der Waals surface area contributed by atoms with Crippen LogP contribution in [0.15, 0.2) is 0 Å². The van der Waals surface area contributed by atoms with Gasteiger partial charge in [0.05, 0.1) is 0 Å². The Hall–Kier alpha value is -2.12. The van der Waals surface area contributed by atoms with Gasteiger partial charge in [-0.1, -0.05) is 111 Å². The zero-order chi connectivity index (χ0) is 41.1. The highest BCUT2D eigenvalue weighted by Gasteiger charge is 2.39. The average molecular weight is 753 g/mol. The topological polar surface area (TPSA) is 105 Å². The van der Waals surface area contributed by atoms with Gasteiger partial charge in [0.2, 0.25) is 0 Å². The van der Waals surface area contributed by atoms with Crippen molar-refractivity contribution >= 4 is 23.9 Å². The Labute approximate surface area is 326 Å². The van der Waals surface area contributed by atoms with Crippen molar-refractivity contribution in [3.8, 4) is 0 Å². The highest BCUT2D eigenvalue weighted by atomic mass is 16.6. The Morgan fingerprint density at radius 1 is 0.340 bits per heavy atom. The van der Waals surface area contributed by atoms with Gasteiger partial charge in [-0.25, -0.2) is 0 Å². The zero-order valence-electron chi connectivity index (χ0n) is 37.2. The fourth-order valence-electron chi connectivity index (χ4n) is 7.06. The number of hydrogen-bond donors (Lipinski definition) is 0. The lowest BCUT2D eigenvalue weighted by Gasteiger charge is -2.33. The van der Waals surface area contributed by atoms with Crippen molar-refractivity contribution in [1.29, 1.82) is 0 Å². The molecule has 0 heterocycles. The van der Waals surface area contributed by atoms with E-state index in [0.717, 1.165) is 25.7 Å². The molecule has 8 heteroatoms. The Kier molecular flexibility index (Phi) is 24.8. The maximum atomic E-state index is 13.4. The highest BCUT2D eigenvalue weighted by Crippen LogP contribution is 2.30. The van der Waals surface area contributed by atoms with E-state index in [4.69, 9.17) is 18.9 Å². The zero-order valence-corrected chi connectivity index (χ0v) is 37.2. The quantitative estimate of drug-likeness (QED) is 0.0574. The van der Waals surface area contributed by atoms with E-state index >= 15 is 0 Å². The van der Waals surface area contributed by atoms with Crippen LogP contribution < -0.4 is 0 Å². The molecule has 0 spiro atoms. The van der Waals surface area contributed by atoms with Crippen molar-refractivity contribution in [2.45, 2.75) is 162 Å². The van der Waals surface area contributed by atoms with Gasteiger partial charge < -0.3 is 18.9 Å². The molecule has 4 unspecified atom stereocenters. The molecule has 312 valence electrons. The minimum absolute atomic E-state index is 0.141. The van der Waals surface area contributed by atoms with Crippen LogP contribution in [0.25, 0.3) is 0 Å². The van der Waals surface area contributed by atoms with E-state index in [1.54, 1.807) is 0 Å². The predicted octanol–water partition coefficient (Wildman–Crippen LogP) is 11.0. The van der Waals surface area contributed by atoms with Gasteiger partial charge in [-0.05, 0) is 96.7 Å². The third-order valence-electron chi connectivity index (χ3n) is 10.7. The largest absolute Gasteiger partial charge is 0.465 e. The summed E-state index contributed by atoms with van der Waals surface area (Å²) in [4.78, 5) is 53.7. The second-order valence-corrected chi connectivity index (χ2v) is 19.5. The molecule has 0 rings (SSSR count). The van der Waals surface area contributed by atoms with E-state index in [1.807, 2.05) is 0 Å². The summed E-state index contributed by atoms with van der Waals surface area (Å²) < 4.78 is 23.9. The van der Waals surface area contributed by atoms with Gasteiger partial charge >= 0.3 is 23.9 Å². The molecular weight excluding hydrogens is 668 g/mol. The van der Waals surface area contributed by atoms with Crippen LogP contribution in [-0.2, 0) is 38.1 Å². The molecule has 53 heavy (non-hydrogen) atoms. The second kappa shape index (κ2) is 25.9. The molecule has 0 N–H and O–H groups in total. The van der Waals surface area contributed by atoms with E-state index in [9.17, 15) is 19.2 Å². The van der Waals surface area contributed by atoms with Crippen LogP contribution in [0, 0.1) is 76.4 Å². The van der Waals surface area contributed by atoms with Crippen molar-refractivity contribution in [3.63, 3.8) is 0 Å². The van der Waals surface area contributed by atoms with Gasteiger partial charge in [0.25, 0.3) is 0 Å². The first kappa shape index (κ1) is 50.9. The summed E-state index contributed by atoms with van der Waals surface area (Å²) in [7, 11) is 0. The number of carbonyl (C=O) groups excluding carboxylic acids is 4. The van der Waals surface area contributed by atoms with Gasteiger partial charge in [-0.3, -0.25) is 19.2 Å². The van der Waals surface area contributed by atoms with Crippen LogP contribution in [0.3, 0.4) is 0 Å². The molecule has 4 atom stereocenters. The van der Waals surface area contributed by atoms with Gasteiger partial charge in [0, 0.05) is 25.7 Å². The van der Waals surface area contributed by atoms with Crippen molar-refractivity contribution in [1.82, 2.24) is 0 Å². The first-order chi connectivity index (χ1) is 24.5. The van der Waals surface area contributed by atoms with Crippen LogP contribution in [0.1, 0.15) is 162 Å². The van der Waals surface area contributed by atoms with Crippen LogP contribution in [0.2, 0.25) is 0 Å². The fourth-order valence-corrected chi connectivity index (χ4v) is 7.06. The average Bonchev–Trinajstić information content (AvgIpc) is 3.01. The highest BCUT2D eigenvalue weighted by molar-refractivity contribution is 5.71. The lowest BCUT2D eigenvalue weighted by molar-refractivity contribution is -0.172. The minimum Gasteiger partial charge on any atom is -0.465 e. The maximum absolute atomic E-state index is 13.4. The van der Waals surface area contributed by atoms with Crippen LogP contribution in [0.4, 0.5) is 0 Å². The van der Waals surface area contributed by atoms with Crippen molar-refractivity contribution in [2.24, 2.45) is 76.4 Å². The normalized spacial score (nSPS) is 15.7. The summed E-state index contributed by atoms with van der Waals surface area (Å²) in [5.74, 6) is 1.93. The van der Waals surface area contributed by atoms with Gasteiger partial charge in [-0.2, -0.15) is 0 Å². The first-order valence-electron chi connectivity index (χ1n) is 21.1. The molecule has 0 aromatic carbocycles. The molecule has 0 aromatic rings. The summed E-state index contributed by atoms with van der Waals surface area (Å²) in [6, 6.07) is 0. The molecule has 0 radical (unpaired) electrons. The SMILES string of the molecule is CC(C)CC(CC(=O)OCC(COC(=O)CC(CC(C)C)C(C)C)(COC(=O)CC(CC(C)C)C(C)C)COC(=O)CC(CC(C)C)C(C)C)C(C)C. The summed E-state index contributed by atoms with van der Waals surface area (Å²) in [5, 5.41) is 0. The van der Waals surface area contributed by atoms with E-state index in [2.05, 4.69) is 111 Å². The fraction of sp³-hybridized carbons (Fsp3) is 0.911. The summed E-state index contributed by atoms with van der Waals surface area (Å²) in [6.07, 6.45) is 4.52. The van der Waals surface area contributed by atoms with Gasteiger partial charge in [0.15, 0.2) is 0 Å². The van der Waals surface area contributed by atoms with E-state index in [1.165, 1.54) is 0 Å². The molecule has 0 aliphatic heterocycles. The molecule has 0 amide bonds. The minimum atomic E-state index is -1.27. The Balaban J connectivity index is 6.57. The smallest absolute Gasteiger partial charge is 0.306 e. The van der Waals surface area contributed by atoms with Crippen LogP contribution in [-0.4, -0.2) is 50.3 Å². The van der Waals surface area contributed by atoms with Crippen molar-refractivity contribution in [3.05, 3.63) is 0 Å². The third-order valence-corrected chi connectivity index (χ3v) is 10.7. The lowest BCUT2D eigenvalue weighted by Crippen LogP contribution is -2.44. The molecule has 0 saturated heterocycles. The Bertz CT molecular complexity index is 876. The molecule has 8 nitrogen and oxygen atoms in total. The molecule has 0 aliphatic rings. The number of rotatable bonds is 28. The van der Waals surface area contributed by atoms with E-state index in [0.29, 0.717) is 23.7 Å². The molecule has 0 fully saturated rings. The van der Waals surface area contributed by atoms with Gasteiger partial charge in [0.1, 0.15) is 31.8 Å². The van der Waals surface area contributed by atoms with Gasteiger partial charge in [-0.15, -0.1) is 0 Å². The maximum Gasteiger partial charge on any atom is 0.306 e. The predicted molar refractivity (Wildman–Crippen MR) is 216 cm³/mol. The van der Waals surface area contributed by atoms with Crippen LogP contribution >= 0.6 is 0 Å². The Morgan fingerprint density at radius 2 is 0.509 bits per heavy atom.